The van der Waals surface area contributed by atoms with Crippen LogP contribution in [0.2, 0.25) is 0 Å². The molecule has 1 N–H and O–H groups in total. The van der Waals surface area contributed by atoms with Crippen LogP contribution in [0.4, 0.5) is 0 Å². The third kappa shape index (κ3) is 3.78. The quantitative estimate of drug-likeness (QED) is 0.301. The van der Waals surface area contributed by atoms with Crippen molar-refractivity contribution in [3.05, 3.63) is 10.4 Å². The van der Waals surface area contributed by atoms with E-state index in [0.29, 0.717) is 6.42 Å². The van der Waals surface area contributed by atoms with Crippen LogP contribution in [-0.4, -0.2) is 29.8 Å². The summed E-state index contributed by atoms with van der Waals surface area (Å²) >= 11 is 0. The van der Waals surface area contributed by atoms with E-state index in [2.05, 4.69) is 14.8 Å². The fraction of sp³-hybridized carbons (Fsp3) is 0.857. The normalized spacial score (nSPS) is 14.1. The van der Waals surface area contributed by atoms with Crippen molar-refractivity contribution in [1.29, 1.82) is 0 Å². The number of rotatable bonds is 5. The number of ether oxygens (including phenoxy) is 1. The van der Waals surface area contributed by atoms with E-state index in [-0.39, 0.29) is 6.61 Å². The van der Waals surface area contributed by atoms with Crippen molar-refractivity contribution < 1.29 is 14.6 Å². The second-order valence-electron chi connectivity index (χ2n) is 2.38. The van der Waals surface area contributed by atoms with Crippen LogP contribution in [0.1, 0.15) is 20.3 Å². The van der Waals surface area contributed by atoms with E-state index >= 15 is 0 Å². The highest BCUT2D eigenvalue weighted by molar-refractivity contribution is 5.75. The van der Waals surface area contributed by atoms with Crippen LogP contribution in [-0.2, 0) is 9.53 Å². The summed E-state index contributed by atoms with van der Waals surface area (Å²) < 4.78 is 4.56. The van der Waals surface area contributed by atoms with Gasteiger partial charge < -0.3 is 9.84 Å². The predicted molar refractivity (Wildman–Crippen MR) is 45.9 cm³/mol. The maximum absolute atomic E-state index is 11.0. The lowest BCUT2D eigenvalue weighted by Gasteiger charge is -2.14. The molecule has 0 aliphatic heterocycles. The van der Waals surface area contributed by atoms with Crippen molar-refractivity contribution in [2.45, 2.75) is 32.4 Å². The summed E-state index contributed by atoms with van der Waals surface area (Å²) in [6, 6.07) is -0.746. The molecule has 6 nitrogen and oxygen atoms in total. The molecule has 0 aromatic heterocycles. The number of hydrogen-bond acceptors (Lipinski definition) is 4. The molecule has 13 heavy (non-hydrogen) atoms. The molecule has 0 aromatic rings. The molecule has 0 saturated heterocycles. The number of carbonyl (C=O) groups excluding carboxylic acids is 1. The van der Waals surface area contributed by atoms with Crippen molar-refractivity contribution >= 4 is 5.97 Å². The molecule has 0 aliphatic rings. The number of azide groups is 1. The highest BCUT2D eigenvalue weighted by Crippen LogP contribution is 2.06. The zero-order valence-corrected chi connectivity index (χ0v) is 7.67. The van der Waals surface area contributed by atoms with Crippen LogP contribution in [0.5, 0.6) is 0 Å². The first-order chi connectivity index (χ1) is 6.17. The zero-order chi connectivity index (χ0) is 10.3. The minimum Gasteiger partial charge on any atom is -0.464 e. The number of aliphatic hydroxyl groups excluding tert-OH is 1. The molecule has 0 aromatic carbocycles. The summed E-state index contributed by atoms with van der Waals surface area (Å²) in [5, 5.41) is 12.6. The average molecular weight is 187 g/mol. The van der Waals surface area contributed by atoms with Gasteiger partial charge in [0.15, 0.2) is 6.10 Å². The Morgan fingerprint density at radius 3 is 2.69 bits per heavy atom. The largest absolute Gasteiger partial charge is 0.464 e. The van der Waals surface area contributed by atoms with Gasteiger partial charge in [-0.05, 0) is 18.9 Å². The number of esters is 1. The number of aliphatic hydroxyl groups is 1. The predicted octanol–water partition coefficient (Wildman–Crippen LogP) is 0.999. The molecular formula is C7H13N3O3. The van der Waals surface area contributed by atoms with Gasteiger partial charge in [0.25, 0.3) is 0 Å². The molecule has 74 valence electrons. The monoisotopic (exact) mass is 187 g/mol. The van der Waals surface area contributed by atoms with Crippen molar-refractivity contribution in [2.24, 2.45) is 5.11 Å². The van der Waals surface area contributed by atoms with E-state index in [4.69, 9.17) is 5.53 Å². The molecule has 0 bridgehead atoms. The van der Waals surface area contributed by atoms with Crippen LogP contribution in [0.15, 0.2) is 5.11 Å². The topological polar surface area (TPSA) is 95.3 Å². The first-order valence-corrected chi connectivity index (χ1v) is 4.06. The molecule has 6 heteroatoms. The minimum atomic E-state index is -1.36. The van der Waals surface area contributed by atoms with Crippen LogP contribution < -0.4 is 0 Å². The third-order valence-corrected chi connectivity index (χ3v) is 1.51. The summed E-state index contributed by atoms with van der Waals surface area (Å²) in [6.07, 6.45) is -0.967. The fourth-order valence-electron chi connectivity index (χ4n) is 0.819. The highest BCUT2D eigenvalue weighted by Gasteiger charge is 2.24. The summed E-state index contributed by atoms with van der Waals surface area (Å²) in [5.41, 5.74) is 8.12. The van der Waals surface area contributed by atoms with Gasteiger partial charge in [-0.15, -0.1) is 0 Å². The Morgan fingerprint density at radius 1 is 1.69 bits per heavy atom. The lowest BCUT2D eigenvalue weighted by Crippen LogP contribution is -2.33. The second kappa shape index (κ2) is 6.28. The molecular weight excluding hydrogens is 174 g/mol. The molecule has 0 aliphatic carbocycles. The third-order valence-electron chi connectivity index (χ3n) is 1.51. The fourth-order valence-corrected chi connectivity index (χ4v) is 0.819. The van der Waals surface area contributed by atoms with Crippen molar-refractivity contribution in [2.75, 3.05) is 6.61 Å². The second-order valence-corrected chi connectivity index (χ2v) is 2.38. The van der Waals surface area contributed by atoms with E-state index in [1.807, 2.05) is 0 Å². The summed E-state index contributed by atoms with van der Waals surface area (Å²) in [5.74, 6) is -0.748. The van der Waals surface area contributed by atoms with Gasteiger partial charge in [0.1, 0.15) is 0 Å². The van der Waals surface area contributed by atoms with Crippen LogP contribution in [0, 0.1) is 0 Å². The lowest BCUT2D eigenvalue weighted by atomic mass is 10.1. The Hall–Kier alpha value is -1.26. The van der Waals surface area contributed by atoms with Gasteiger partial charge in [0.05, 0.1) is 12.6 Å². The van der Waals surface area contributed by atoms with E-state index in [1.165, 1.54) is 0 Å². The molecule has 0 amide bonds. The number of nitrogens with zero attached hydrogens (tertiary/aromatic N) is 3. The van der Waals surface area contributed by atoms with E-state index in [9.17, 15) is 9.90 Å². The number of hydrogen-bond donors (Lipinski definition) is 1. The molecule has 0 saturated carbocycles. The van der Waals surface area contributed by atoms with Crippen LogP contribution in [0.3, 0.4) is 0 Å². The Morgan fingerprint density at radius 2 is 2.31 bits per heavy atom. The molecule has 0 rings (SSSR count). The zero-order valence-electron chi connectivity index (χ0n) is 7.67. The van der Waals surface area contributed by atoms with Gasteiger partial charge in [0.2, 0.25) is 0 Å². The SMILES string of the molecule is CCOC(=O)[C@@H](O)[C@H](CC)N=[N+]=[N-]. The Labute approximate surface area is 76.1 Å². The molecule has 0 radical (unpaired) electrons. The first kappa shape index (κ1) is 11.7. The Kier molecular flexibility index (Phi) is 5.67. The lowest BCUT2D eigenvalue weighted by molar-refractivity contribution is -0.154. The van der Waals surface area contributed by atoms with Crippen LogP contribution >= 0.6 is 0 Å². The first-order valence-electron chi connectivity index (χ1n) is 4.06. The highest BCUT2D eigenvalue weighted by atomic mass is 16.5. The van der Waals surface area contributed by atoms with Crippen molar-refractivity contribution in [3.63, 3.8) is 0 Å². The van der Waals surface area contributed by atoms with E-state index in [0.717, 1.165) is 0 Å². The molecule has 0 fully saturated rings. The number of carbonyl (C=O) groups is 1. The van der Waals surface area contributed by atoms with E-state index < -0.39 is 18.1 Å². The van der Waals surface area contributed by atoms with Gasteiger partial charge in [-0.1, -0.05) is 12.0 Å². The van der Waals surface area contributed by atoms with Gasteiger partial charge in [-0.25, -0.2) is 4.79 Å². The van der Waals surface area contributed by atoms with Crippen molar-refractivity contribution in [3.8, 4) is 0 Å². The molecule has 0 spiro atoms. The van der Waals surface area contributed by atoms with Crippen molar-refractivity contribution in [1.82, 2.24) is 0 Å². The minimum absolute atomic E-state index is 0.197. The molecule has 0 heterocycles. The smallest absolute Gasteiger partial charge is 0.335 e. The van der Waals surface area contributed by atoms with Gasteiger partial charge in [-0.3, -0.25) is 0 Å². The van der Waals surface area contributed by atoms with Gasteiger partial charge >= 0.3 is 5.97 Å². The summed E-state index contributed by atoms with van der Waals surface area (Å²) in [7, 11) is 0. The molecule has 2 atom stereocenters. The maximum Gasteiger partial charge on any atom is 0.335 e. The summed E-state index contributed by atoms with van der Waals surface area (Å²) in [4.78, 5) is 13.5. The van der Waals surface area contributed by atoms with Crippen LogP contribution in [0.25, 0.3) is 10.4 Å². The Bertz CT molecular complexity index is 213. The van der Waals surface area contributed by atoms with E-state index in [1.54, 1.807) is 13.8 Å². The Balaban J connectivity index is 4.26. The van der Waals surface area contributed by atoms with Gasteiger partial charge in [0, 0.05) is 4.91 Å². The maximum atomic E-state index is 11.0. The molecule has 0 unspecified atom stereocenters. The van der Waals surface area contributed by atoms with Gasteiger partial charge in [-0.2, -0.15) is 0 Å². The average Bonchev–Trinajstić information content (AvgIpc) is 2.13. The summed E-state index contributed by atoms with van der Waals surface area (Å²) in [6.45, 7) is 3.55. The standard InChI is InChI=1S/C7H13N3O3/c1-3-5(9-10-8)6(11)7(12)13-4-2/h5-6,11H,3-4H2,1-2H3/t5-,6-/m0/s1.